The highest BCUT2D eigenvalue weighted by molar-refractivity contribution is 5.90. The van der Waals surface area contributed by atoms with Crippen molar-refractivity contribution in [2.45, 2.75) is 51.0 Å². The highest BCUT2D eigenvalue weighted by atomic mass is 16.5. The van der Waals surface area contributed by atoms with Crippen LogP contribution in [0.2, 0.25) is 0 Å². The van der Waals surface area contributed by atoms with Crippen molar-refractivity contribution in [2.24, 2.45) is 5.73 Å². The fraction of sp³-hybridized carbons (Fsp3) is 0.500. The quantitative estimate of drug-likeness (QED) is 0.198. The third kappa shape index (κ3) is 10.2. The Labute approximate surface area is 157 Å². The van der Waals surface area contributed by atoms with Gasteiger partial charge in [0, 0.05) is 31.0 Å². The van der Waals surface area contributed by atoms with Crippen LogP contribution in [-0.2, 0) is 14.4 Å². The Morgan fingerprint density at radius 3 is 2.37 bits per heavy atom. The predicted molar refractivity (Wildman–Crippen MR) is 98.4 cm³/mol. The molecule has 0 radical (unpaired) electrons. The number of hydroxylamine groups is 1. The van der Waals surface area contributed by atoms with Gasteiger partial charge in [0.05, 0.1) is 6.61 Å². The van der Waals surface area contributed by atoms with Gasteiger partial charge in [-0.25, -0.2) is 5.48 Å². The third-order valence-corrected chi connectivity index (χ3v) is 3.81. The summed E-state index contributed by atoms with van der Waals surface area (Å²) in [5, 5.41) is 19.9. The summed E-state index contributed by atoms with van der Waals surface area (Å²) in [5.41, 5.74) is 7.59. The van der Waals surface area contributed by atoms with Gasteiger partial charge in [-0.1, -0.05) is 18.9 Å². The first-order chi connectivity index (χ1) is 12.9. The number of carboxylic acids is 1. The zero-order valence-electron chi connectivity index (χ0n) is 15.1. The van der Waals surface area contributed by atoms with Crippen LogP contribution in [0.25, 0.3) is 0 Å². The molecule has 0 aromatic heterocycles. The number of unbranched alkanes of at least 4 members (excludes halogenated alkanes) is 3. The van der Waals surface area contributed by atoms with Crippen molar-refractivity contribution in [3.63, 3.8) is 0 Å². The Kier molecular flexibility index (Phi) is 10.5. The normalized spacial score (nSPS) is 11.5. The van der Waals surface area contributed by atoms with E-state index in [4.69, 9.17) is 20.8 Å². The molecular formula is C18H27N3O6. The van der Waals surface area contributed by atoms with Crippen LogP contribution in [0, 0.1) is 0 Å². The van der Waals surface area contributed by atoms with Gasteiger partial charge in [-0.2, -0.15) is 0 Å². The molecule has 0 unspecified atom stereocenters. The number of rotatable bonds is 13. The van der Waals surface area contributed by atoms with E-state index in [-0.39, 0.29) is 25.4 Å². The van der Waals surface area contributed by atoms with Gasteiger partial charge >= 0.3 is 5.97 Å². The molecule has 0 saturated carbocycles. The summed E-state index contributed by atoms with van der Waals surface area (Å²) in [6, 6.07) is 5.88. The molecule has 9 nitrogen and oxygen atoms in total. The lowest BCUT2D eigenvalue weighted by molar-refractivity contribution is -0.138. The maximum atomic E-state index is 12.0. The third-order valence-electron chi connectivity index (χ3n) is 3.81. The fourth-order valence-electron chi connectivity index (χ4n) is 2.29. The molecule has 6 N–H and O–H groups in total. The van der Waals surface area contributed by atoms with Crippen molar-refractivity contribution in [1.29, 1.82) is 0 Å². The van der Waals surface area contributed by atoms with Crippen LogP contribution >= 0.6 is 0 Å². The maximum Gasteiger partial charge on any atom is 0.320 e. The second-order valence-corrected chi connectivity index (χ2v) is 6.11. The summed E-state index contributed by atoms with van der Waals surface area (Å²) >= 11 is 0. The summed E-state index contributed by atoms with van der Waals surface area (Å²) in [5.74, 6) is -1.07. The lowest BCUT2D eigenvalue weighted by Crippen LogP contribution is -2.31. The van der Waals surface area contributed by atoms with E-state index in [0.29, 0.717) is 30.7 Å². The highest BCUT2D eigenvalue weighted by Gasteiger charge is 2.11. The largest absolute Gasteiger partial charge is 0.493 e. The maximum absolute atomic E-state index is 12.0. The Morgan fingerprint density at radius 2 is 1.74 bits per heavy atom. The molecule has 0 spiro atoms. The van der Waals surface area contributed by atoms with E-state index >= 15 is 0 Å². The van der Waals surface area contributed by atoms with Crippen LogP contribution < -0.4 is 21.3 Å². The molecule has 0 aliphatic rings. The lowest BCUT2D eigenvalue weighted by atomic mass is 10.1. The number of aliphatic carboxylic acids is 1. The Hall–Kier alpha value is -2.65. The van der Waals surface area contributed by atoms with Crippen LogP contribution in [0.4, 0.5) is 5.69 Å². The number of nitrogens with two attached hydrogens (primary N) is 1. The van der Waals surface area contributed by atoms with Crippen molar-refractivity contribution >= 4 is 23.5 Å². The molecule has 0 fully saturated rings. The lowest BCUT2D eigenvalue weighted by Gasteiger charge is -2.10. The summed E-state index contributed by atoms with van der Waals surface area (Å²) in [7, 11) is 0. The van der Waals surface area contributed by atoms with Crippen LogP contribution in [0.5, 0.6) is 5.75 Å². The van der Waals surface area contributed by atoms with E-state index in [0.717, 1.165) is 12.8 Å². The Morgan fingerprint density at radius 1 is 1.07 bits per heavy atom. The molecule has 2 amide bonds. The molecule has 0 bridgehead atoms. The molecule has 150 valence electrons. The molecule has 1 aromatic rings. The van der Waals surface area contributed by atoms with Crippen LogP contribution in [-0.4, -0.2) is 40.7 Å². The second-order valence-electron chi connectivity index (χ2n) is 6.11. The van der Waals surface area contributed by atoms with Gasteiger partial charge in [-0.05, 0) is 25.0 Å². The summed E-state index contributed by atoms with van der Waals surface area (Å²) in [6.07, 6.45) is 3.82. The predicted octanol–water partition coefficient (Wildman–Crippen LogP) is 1.65. The van der Waals surface area contributed by atoms with Gasteiger partial charge in [-0.3, -0.25) is 19.6 Å². The molecule has 1 aromatic carbocycles. The molecule has 9 heteroatoms. The standard InChI is InChI=1S/C18H27N3O6/c19-15(18(24)25)10-11-27-14-7-5-6-13(12-14)20-16(22)8-3-1-2-4-9-17(23)21-26/h5-7,12,15,26H,1-4,8-11,19H2,(H,20,22)(H,21,23)(H,24,25)/t15-/m0/s1. The van der Waals surface area contributed by atoms with Crippen molar-refractivity contribution in [2.75, 3.05) is 11.9 Å². The molecule has 1 atom stereocenters. The molecule has 1 rings (SSSR count). The topological polar surface area (TPSA) is 151 Å². The number of nitrogens with one attached hydrogen (secondary N) is 2. The van der Waals surface area contributed by atoms with E-state index < -0.39 is 17.9 Å². The minimum absolute atomic E-state index is 0.117. The molecular weight excluding hydrogens is 354 g/mol. The molecule has 0 saturated heterocycles. The average Bonchev–Trinajstić information content (AvgIpc) is 2.64. The van der Waals surface area contributed by atoms with Crippen LogP contribution in [0.15, 0.2) is 24.3 Å². The van der Waals surface area contributed by atoms with Crippen LogP contribution in [0.3, 0.4) is 0 Å². The molecule has 0 aliphatic carbocycles. The Balaban J connectivity index is 2.26. The Bertz CT molecular complexity index is 623. The summed E-state index contributed by atoms with van der Waals surface area (Å²) in [6.45, 7) is 0.166. The first-order valence-electron chi connectivity index (χ1n) is 8.86. The molecule has 27 heavy (non-hydrogen) atoms. The van der Waals surface area contributed by atoms with Crippen molar-refractivity contribution in [3.8, 4) is 5.75 Å². The van der Waals surface area contributed by atoms with Gasteiger partial charge in [0.1, 0.15) is 11.8 Å². The van der Waals surface area contributed by atoms with Crippen molar-refractivity contribution < 1.29 is 29.4 Å². The minimum Gasteiger partial charge on any atom is -0.493 e. The number of hydrogen-bond donors (Lipinski definition) is 5. The number of hydrogen-bond acceptors (Lipinski definition) is 6. The van der Waals surface area contributed by atoms with E-state index in [9.17, 15) is 14.4 Å². The van der Waals surface area contributed by atoms with Gasteiger partial charge in [0.15, 0.2) is 0 Å². The number of anilines is 1. The van der Waals surface area contributed by atoms with Gasteiger partial charge in [0.25, 0.3) is 0 Å². The van der Waals surface area contributed by atoms with Gasteiger partial charge < -0.3 is 20.9 Å². The number of carbonyl (C=O) groups excluding carboxylic acids is 2. The van der Waals surface area contributed by atoms with Gasteiger partial charge in [-0.15, -0.1) is 0 Å². The zero-order valence-corrected chi connectivity index (χ0v) is 15.1. The van der Waals surface area contributed by atoms with E-state index in [1.54, 1.807) is 29.7 Å². The van der Waals surface area contributed by atoms with Crippen LogP contribution in [0.1, 0.15) is 44.9 Å². The van der Waals surface area contributed by atoms with Crippen molar-refractivity contribution in [1.82, 2.24) is 5.48 Å². The van der Waals surface area contributed by atoms with Crippen molar-refractivity contribution in [3.05, 3.63) is 24.3 Å². The number of carbonyl (C=O) groups is 3. The zero-order chi connectivity index (χ0) is 20.1. The fourth-order valence-corrected chi connectivity index (χ4v) is 2.29. The summed E-state index contributed by atoms with van der Waals surface area (Å²) in [4.78, 5) is 33.5. The number of benzene rings is 1. The number of carboxylic acid groups (broad SMARTS) is 1. The first-order valence-corrected chi connectivity index (χ1v) is 8.86. The first kappa shape index (κ1) is 22.4. The minimum atomic E-state index is -1.07. The average molecular weight is 381 g/mol. The molecule has 0 heterocycles. The van der Waals surface area contributed by atoms with E-state index in [2.05, 4.69) is 5.32 Å². The monoisotopic (exact) mass is 381 g/mol. The number of ether oxygens (including phenoxy) is 1. The second kappa shape index (κ2) is 12.7. The van der Waals surface area contributed by atoms with E-state index in [1.165, 1.54) is 0 Å². The molecule has 0 aliphatic heterocycles. The highest BCUT2D eigenvalue weighted by Crippen LogP contribution is 2.18. The van der Waals surface area contributed by atoms with Gasteiger partial charge in [0.2, 0.25) is 11.8 Å². The summed E-state index contributed by atoms with van der Waals surface area (Å²) < 4.78 is 5.46. The smallest absolute Gasteiger partial charge is 0.320 e. The number of amides is 2. The SMILES string of the molecule is N[C@@H](CCOc1cccc(NC(=O)CCCCCCC(=O)NO)c1)C(=O)O. The van der Waals surface area contributed by atoms with E-state index in [1.807, 2.05) is 0 Å².